The lowest BCUT2D eigenvalue weighted by Crippen LogP contribution is -1.95. The van der Waals surface area contributed by atoms with Crippen molar-refractivity contribution in [2.45, 2.75) is 20.5 Å². The van der Waals surface area contributed by atoms with Crippen LogP contribution in [0, 0.1) is 6.92 Å². The normalized spacial score (nSPS) is 9.22. The Hall–Kier alpha value is -1.88. The number of thiazole rings is 1. The first-order valence-corrected chi connectivity index (χ1v) is 6.24. The van der Waals surface area contributed by atoms with Crippen LogP contribution in [0.2, 0.25) is 0 Å². The highest BCUT2D eigenvalue weighted by molar-refractivity contribution is 7.09. The monoisotopic (exact) mass is 265 g/mol. The van der Waals surface area contributed by atoms with Gasteiger partial charge >= 0.3 is 0 Å². The molecule has 0 bridgehead atoms. The van der Waals surface area contributed by atoms with Crippen LogP contribution in [0.5, 0.6) is 5.75 Å². The predicted octanol–water partition coefficient (Wildman–Crippen LogP) is 3.12. The molecule has 0 fully saturated rings. The van der Waals surface area contributed by atoms with Gasteiger partial charge < -0.3 is 9.84 Å². The number of carboxylic acids is 1. The summed E-state index contributed by atoms with van der Waals surface area (Å²) in [5, 5.41) is 10.5. The van der Waals surface area contributed by atoms with E-state index in [1.807, 2.05) is 42.6 Å². The molecular formula is C13H15NO3S. The van der Waals surface area contributed by atoms with E-state index in [0.717, 1.165) is 23.4 Å². The number of ether oxygens (including phenoxy) is 1. The maximum Gasteiger partial charge on any atom is 0.300 e. The zero-order chi connectivity index (χ0) is 13.4. The predicted molar refractivity (Wildman–Crippen MR) is 70.9 cm³/mol. The lowest BCUT2D eigenvalue weighted by atomic mass is 10.3. The summed E-state index contributed by atoms with van der Waals surface area (Å²) in [5.41, 5.74) is 0.997. The molecular weight excluding hydrogens is 250 g/mol. The number of carbonyl (C=O) groups is 1. The second-order valence-electron chi connectivity index (χ2n) is 3.48. The van der Waals surface area contributed by atoms with Gasteiger partial charge in [-0.15, -0.1) is 11.3 Å². The molecule has 2 aromatic rings. The summed E-state index contributed by atoms with van der Waals surface area (Å²) in [6, 6.07) is 9.78. The van der Waals surface area contributed by atoms with Crippen LogP contribution in [0.4, 0.5) is 0 Å². The van der Waals surface area contributed by atoms with Crippen molar-refractivity contribution in [3.05, 3.63) is 46.4 Å². The van der Waals surface area contributed by atoms with Crippen LogP contribution in [-0.2, 0) is 11.4 Å². The molecule has 1 N–H and O–H groups in total. The maximum absolute atomic E-state index is 9.00. The van der Waals surface area contributed by atoms with Gasteiger partial charge in [0.25, 0.3) is 5.97 Å². The van der Waals surface area contributed by atoms with Gasteiger partial charge in [0.1, 0.15) is 12.4 Å². The molecule has 1 aromatic heterocycles. The molecule has 0 spiro atoms. The first kappa shape index (κ1) is 14.2. The number of hydrogen-bond donors (Lipinski definition) is 1. The number of hydrogen-bond acceptors (Lipinski definition) is 4. The van der Waals surface area contributed by atoms with Crippen LogP contribution in [0.25, 0.3) is 0 Å². The zero-order valence-corrected chi connectivity index (χ0v) is 11.1. The van der Waals surface area contributed by atoms with Crippen molar-refractivity contribution in [3.8, 4) is 5.75 Å². The Morgan fingerprint density at radius 2 is 2.00 bits per heavy atom. The van der Waals surface area contributed by atoms with Crippen LogP contribution in [0.3, 0.4) is 0 Å². The molecule has 0 unspecified atom stereocenters. The molecule has 1 heterocycles. The number of para-hydroxylation sites is 1. The smallest absolute Gasteiger partial charge is 0.300 e. The molecule has 4 nitrogen and oxygen atoms in total. The van der Waals surface area contributed by atoms with Gasteiger partial charge in [-0.05, 0) is 19.1 Å². The van der Waals surface area contributed by atoms with Gasteiger partial charge in [-0.3, -0.25) is 4.79 Å². The average Bonchev–Trinajstić information content (AvgIpc) is 2.73. The molecule has 96 valence electrons. The van der Waals surface area contributed by atoms with Gasteiger partial charge in [0.2, 0.25) is 0 Å². The number of aryl methyl sites for hydroxylation is 1. The molecule has 0 saturated heterocycles. The molecule has 5 heteroatoms. The topological polar surface area (TPSA) is 59.4 Å². The largest absolute Gasteiger partial charge is 0.487 e. The Balaban J connectivity index is 0.000000357. The molecule has 0 aliphatic heterocycles. The summed E-state index contributed by atoms with van der Waals surface area (Å²) in [7, 11) is 0. The number of aromatic nitrogens is 1. The number of benzene rings is 1. The quantitative estimate of drug-likeness (QED) is 0.926. The van der Waals surface area contributed by atoms with E-state index in [-0.39, 0.29) is 0 Å². The van der Waals surface area contributed by atoms with E-state index >= 15 is 0 Å². The fraction of sp³-hybridized carbons (Fsp3) is 0.231. The summed E-state index contributed by atoms with van der Waals surface area (Å²) >= 11 is 1.65. The highest BCUT2D eigenvalue weighted by Crippen LogP contribution is 2.13. The fourth-order valence-corrected chi connectivity index (χ4v) is 1.75. The SMILES string of the molecule is CC(=O)O.Cc1nc(COc2ccccc2)cs1. The molecule has 0 amide bonds. The van der Waals surface area contributed by atoms with E-state index in [1.165, 1.54) is 0 Å². The Labute approximate surface area is 110 Å². The molecule has 18 heavy (non-hydrogen) atoms. The fourth-order valence-electron chi connectivity index (χ4n) is 1.15. The molecule has 2 rings (SSSR count). The van der Waals surface area contributed by atoms with Gasteiger partial charge in [0, 0.05) is 12.3 Å². The summed E-state index contributed by atoms with van der Waals surface area (Å²) in [6.07, 6.45) is 0. The van der Waals surface area contributed by atoms with Crippen LogP contribution < -0.4 is 4.74 Å². The van der Waals surface area contributed by atoms with E-state index in [0.29, 0.717) is 6.61 Å². The third-order valence-electron chi connectivity index (χ3n) is 1.80. The van der Waals surface area contributed by atoms with E-state index in [2.05, 4.69) is 4.98 Å². The summed E-state index contributed by atoms with van der Waals surface area (Å²) in [6.45, 7) is 3.63. The maximum atomic E-state index is 9.00. The van der Waals surface area contributed by atoms with E-state index in [9.17, 15) is 0 Å². The van der Waals surface area contributed by atoms with Gasteiger partial charge in [-0.1, -0.05) is 18.2 Å². The second-order valence-corrected chi connectivity index (χ2v) is 4.54. The first-order chi connectivity index (χ1) is 8.58. The highest BCUT2D eigenvalue weighted by Gasteiger charge is 1.98. The molecule has 0 saturated carbocycles. The molecule has 0 radical (unpaired) electrons. The van der Waals surface area contributed by atoms with Crippen molar-refractivity contribution >= 4 is 17.3 Å². The number of aliphatic carboxylic acids is 1. The van der Waals surface area contributed by atoms with Crippen LogP contribution in [-0.4, -0.2) is 16.1 Å². The Morgan fingerprint density at radius 1 is 1.39 bits per heavy atom. The minimum absolute atomic E-state index is 0.550. The van der Waals surface area contributed by atoms with E-state index in [4.69, 9.17) is 14.6 Å². The molecule has 0 aliphatic carbocycles. The lowest BCUT2D eigenvalue weighted by molar-refractivity contribution is -0.134. The molecule has 0 aliphatic rings. The summed E-state index contributed by atoms with van der Waals surface area (Å²) in [4.78, 5) is 13.3. The van der Waals surface area contributed by atoms with Crippen molar-refractivity contribution in [3.63, 3.8) is 0 Å². The number of rotatable bonds is 3. The van der Waals surface area contributed by atoms with Crippen molar-refractivity contribution in [1.29, 1.82) is 0 Å². The third kappa shape index (κ3) is 6.00. The molecule has 1 aromatic carbocycles. The minimum Gasteiger partial charge on any atom is -0.487 e. The number of nitrogens with zero attached hydrogens (tertiary/aromatic N) is 1. The van der Waals surface area contributed by atoms with Gasteiger partial charge in [-0.25, -0.2) is 4.98 Å². The van der Waals surface area contributed by atoms with Crippen LogP contribution >= 0.6 is 11.3 Å². The van der Waals surface area contributed by atoms with Gasteiger partial charge in [0.05, 0.1) is 10.7 Å². The standard InChI is InChI=1S/C11H11NOS.C2H4O2/c1-9-12-10(8-14-9)7-13-11-5-3-2-4-6-11;1-2(3)4/h2-6,8H,7H2,1H3;1H3,(H,3,4). The van der Waals surface area contributed by atoms with Crippen molar-refractivity contribution in [1.82, 2.24) is 4.98 Å². The first-order valence-electron chi connectivity index (χ1n) is 5.36. The summed E-state index contributed by atoms with van der Waals surface area (Å²) in [5.74, 6) is 0.0538. The van der Waals surface area contributed by atoms with Crippen LogP contribution in [0.15, 0.2) is 35.7 Å². The third-order valence-corrected chi connectivity index (χ3v) is 2.62. The van der Waals surface area contributed by atoms with E-state index in [1.54, 1.807) is 11.3 Å². The number of carboxylic acid groups (broad SMARTS) is 1. The Bertz CT molecular complexity index is 478. The van der Waals surface area contributed by atoms with Crippen molar-refractivity contribution in [2.75, 3.05) is 0 Å². The highest BCUT2D eigenvalue weighted by atomic mass is 32.1. The molecule has 0 atom stereocenters. The zero-order valence-electron chi connectivity index (χ0n) is 10.3. The van der Waals surface area contributed by atoms with Crippen LogP contribution in [0.1, 0.15) is 17.6 Å². The average molecular weight is 265 g/mol. The Morgan fingerprint density at radius 3 is 2.50 bits per heavy atom. The van der Waals surface area contributed by atoms with Crippen molar-refractivity contribution < 1.29 is 14.6 Å². The van der Waals surface area contributed by atoms with Crippen molar-refractivity contribution in [2.24, 2.45) is 0 Å². The summed E-state index contributed by atoms with van der Waals surface area (Å²) < 4.78 is 5.55. The minimum atomic E-state index is -0.833. The van der Waals surface area contributed by atoms with Gasteiger partial charge in [-0.2, -0.15) is 0 Å². The second kappa shape index (κ2) is 7.45. The van der Waals surface area contributed by atoms with Gasteiger partial charge in [0.15, 0.2) is 0 Å². The lowest BCUT2D eigenvalue weighted by Gasteiger charge is -2.02. The van der Waals surface area contributed by atoms with E-state index < -0.39 is 5.97 Å². The Kier molecular flexibility index (Phi) is 5.87.